The van der Waals surface area contributed by atoms with Crippen LogP contribution in [0.5, 0.6) is 0 Å². The molecule has 1 aliphatic carbocycles. The van der Waals surface area contributed by atoms with Gasteiger partial charge in [-0.05, 0) is 44.7 Å². The summed E-state index contributed by atoms with van der Waals surface area (Å²) >= 11 is 0. The van der Waals surface area contributed by atoms with E-state index in [1.165, 1.54) is 45.3 Å². The molecule has 2 heterocycles. The zero-order chi connectivity index (χ0) is 13.1. The molecule has 5 nitrogen and oxygen atoms in total. The molecule has 19 heavy (non-hydrogen) atoms. The zero-order valence-electron chi connectivity index (χ0n) is 11.8. The highest BCUT2D eigenvalue weighted by Gasteiger charge is 2.32. The van der Waals surface area contributed by atoms with Gasteiger partial charge >= 0.3 is 0 Å². The minimum Gasteiger partial charge on any atom is -0.338 e. The minimum atomic E-state index is 0.756. The summed E-state index contributed by atoms with van der Waals surface area (Å²) in [5.41, 5.74) is 0. The van der Waals surface area contributed by atoms with Crippen molar-refractivity contribution in [3.63, 3.8) is 0 Å². The topological polar surface area (TPSA) is 54.2 Å². The Bertz CT molecular complexity index is 396. The number of aryl methyl sites for hydroxylation is 1. The lowest BCUT2D eigenvalue weighted by Gasteiger charge is -2.29. The molecule has 0 bridgehead atoms. The Morgan fingerprint density at radius 2 is 2.05 bits per heavy atom. The average Bonchev–Trinajstić information content (AvgIpc) is 3.20. The summed E-state index contributed by atoms with van der Waals surface area (Å²) in [7, 11) is 0. The van der Waals surface area contributed by atoms with E-state index in [1.54, 1.807) is 0 Å². The van der Waals surface area contributed by atoms with Crippen LogP contribution in [-0.4, -0.2) is 40.7 Å². The molecule has 106 valence electrons. The molecule has 1 aliphatic heterocycles. The van der Waals surface area contributed by atoms with Crippen LogP contribution in [0.15, 0.2) is 4.52 Å². The van der Waals surface area contributed by atoms with Gasteiger partial charge in [0, 0.05) is 19.0 Å². The number of aromatic nitrogens is 2. The number of rotatable bonds is 6. The normalized spacial score (nSPS) is 21.2. The molecule has 0 amide bonds. The van der Waals surface area contributed by atoms with Crippen molar-refractivity contribution in [3.05, 3.63) is 11.7 Å². The molecule has 5 heteroatoms. The van der Waals surface area contributed by atoms with Crippen LogP contribution < -0.4 is 5.32 Å². The van der Waals surface area contributed by atoms with Crippen molar-refractivity contribution in [3.8, 4) is 0 Å². The predicted molar refractivity (Wildman–Crippen MR) is 72.7 cm³/mol. The first-order valence-electron chi connectivity index (χ1n) is 7.61. The van der Waals surface area contributed by atoms with Crippen LogP contribution in [0.1, 0.15) is 44.3 Å². The highest BCUT2D eigenvalue weighted by Crippen LogP contribution is 2.30. The van der Waals surface area contributed by atoms with Gasteiger partial charge in [0.05, 0.1) is 6.54 Å². The third kappa shape index (κ3) is 3.54. The SMILES string of the molecule is CCc1noc(CN(CC2CCNCC2)C2CC2)n1. The van der Waals surface area contributed by atoms with Gasteiger partial charge < -0.3 is 9.84 Å². The summed E-state index contributed by atoms with van der Waals surface area (Å²) < 4.78 is 5.34. The van der Waals surface area contributed by atoms with Crippen LogP contribution in [-0.2, 0) is 13.0 Å². The van der Waals surface area contributed by atoms with Crippen molar-refractivity contribution in [2.75, 3.05) is 19.6 Å². The molecule has 0 radical (unpaired) electrons. The van der Waals surface area contributed by atoms with Gasteiger partial charge in [-0.2, -0.15) is 4.98 Å². The van der Waals surface area contributed by atoms with E-state index in [0.717, 1.165) is 36.6 Å². The lowest BCUT2D eigenvalue weighted by molar-refractivity contribution is 0.170. The van der Waals surface area contributed by atoms with Gasteiger partial charge in [-0.1, -0.05) is 12.1 Å². The first-order chi connectivity index (χ1) is 9.35. The van der Waals surface area contributed by atoms with E-state index in [4.69, 9.17) is 4.52 Å². The number of hydrogen-bond acceptors (Lipinski definition) is 5. The van der Waals surface area contributed by atoms with Crippen molar-refractivity contribution < 1.29 is 4.52 Å². The van der Waals surface area contributed by atoms with Crippen molar-refractivity contribution in [1.82, 2.24) is 20.4 Å². The third-order valence-corrected chi connectivity index (χ3v) is 4.18. The van der Waals surface area contributed by atoms with Crippen molar-refractivity contribution >= 4 is 0 Å². The van der Waals surface area contributed by atoms with E-state index >= 15 is 0 Å². The van der Waals surface area contributed by atoms with Gasteiger partial charge in [0.1, 0.15) is 0 Å². The Kier molecular flexibility index (Phi) is 4.13. The Hall–Kier alpha value is -0.940. The zero-order valence-corrected chi connectivity index (χ0v) is 11.8. The maximum atomic E-state index is 5.34. The van der Waals surface area contributed by atoms with E-state index in [0.29, 0.717) is 0 Å². The van der Waals surface area contributed by atoms with Gasteiger partial charge in [-0.15, -0.1) is 0 Å². The van der Waals surface area contributed by atoms with Gasteiger partial charge in [-0.25, -0.2) is 0 Å². The maximum Gasteiger partial charge on any atom is 0.240 e. The fourth-order valence-electron chi connectivity index (χ4n) is 2.85. The lowest BCUT2D eigenvalue weighted by Crippen LogP contribution is -2.37. The summed E-state index contributed by atoms with van der Waals surface area (Å²) in [5, 5.41) is 7.43. The Morgan fingerprint density at radius 1 is 1.26 bits per heavy atom. The summed E-state index contributed by atoms with van der Waals surface area (Å²) in [6.45, 7) is 6.42. The highest BCUT2D eigenvalue weighted by molar-refractivity contribution is 4.91. The molecule has 2 fully saturated rings. The first-order valence-corrected chi connectivity index (χ1v) is 7.61. The molecule has 1 saturated carbocycles. The van der Waals surface area contributed by atoms with Crippen molar-refractivity contribution in [1.29, 1.82) is 0 Å². The second kappa shape index (κ2) is 6.01. The van der Waals surface area contributed by atoms with Crippen LogP contribution in [0.4, 0.5) is 0 Å². The first kappa shape index (κ1) is 13.1. The smallest absolute Gasteiger partial charge is 0.240 e. The molecule has 0 atom stereocenters. The maximum absolute atomic E-state index is 5.34. The van der Waals surface area contributed by atoms with E-state index in [1.807, 2.05) is 0 Å². The van der Waals surface area contributed by atoms with Gasteiger partial charge in [-0.3, -0.25) is 4.90 Å². The van der Waals surface area contributed by atoms with Crippen LogP contribution in [0, 0.1) is 5.92 Å². The molecule has 1 aromatic heterocycles. The molecular weight excluding hydrogens is 240 g/mol. The largest absolute Gasteiger partial charge is 0.338 e. The second-order valence-corrected chi connectivity index (χ2v) is 5.81. The van der Waals surface area contributed by atoms with Crippen molar-refractivity contribution in [2.45, 2.75) is 51.6 Å². The van der Waals surface area contributed by atoms with Gasteiger partial charge in [0.25, 0.3) is 0 Å². The second-order valence-electron chi connectivity index (χ2n) is 5.81. The quantitative estimate of drug-likeness (QED) is 0.845. The lowest BCUT2D eigenvalue weighted by atomic mass is 9.97. The average molecular weight is 264 g/mol. The Morgan fingerprint density at radius 3 is 2.68 bits per heavy atom. The number of piperidine rings is 1. The molecule has 0 unspecified atom stereocenters. The summed E-state index contributed by atoms with van der Waals surface area (Å²) in [6.07, 6.45) is 6.11. The van der Waals surface area contributed by atoms with E-state index in [2.05, 4.69) is 27.3 Å². The fraction of sp³-hybridized carbons (Fsp3) is 0.857. The molecule has 1 aromatic rings. The van der Waals surface area contributed by atoms with Crippen LogP contribution in [0.2, 0.25) is 0 Å². The molecule has 3 rings (SSSR count). The van der Waals surface area contributed by atoms with Gasteiger partial charge in [0.15, 0.2) is 5.82 Å². The third-order valence-electron chi connectivity index (χ3n) is 4.18. The molecule has 0 aromatic carbocycles. The van der Waals surface area contributed by atoms with Crippen LogP contribution >= 0.6 is 0 Å². The number of nitrogens with one attached hydrogen (secondary N) is 1. The van der Waals surface area contributed by atoms with E-state index in [9.17, 15) is 0 Å². The predicted octanol–water partition coefficient (Wildman–Crippen LogP) is 1.60. The van der Waals surface area contributed by atoms with E-state index < -0.39 is 0 Å². The fourth-order valence-corrected chi connectivity index (χ4v) is 2.85. The monoisotopic (exact) mass is 264 g/mol. The molecular formula is C14H24N4O. The van der Waals surface area contributed by atoms with Crippen LogP contribution in [0.3, 0.4) is 0 Å². The molecule has 1 saturated heterocycles. The molecule has 1 N–H and O–H groups in total. The minimum absolute atomic E-state index is 0.756. The standard InChI is InChI=1S/C14H24N4O/c1-2-13-16-14(19-17-13)10-18(12-3-4-12)9-11-5-7-15-8-6-11/h11-12,15H,2-10H2,1H3. The summed E-state index contributed by atoms with van der Waals surface area (Å²) in [4.78, 5) is 7.00. The highest BCUT2D eigenvalue weighted by atomic mass is 16.5. The van der Waals surface area contributed by atoms with E-state index in [-0.39, 0.29) is 0 Å². The van der Waals surface area contributed by atoms with Crippen LogP contribution in [0.25, 0.3) is 0 Å². The number of hydrogen-bond donors (Lipinski definition) is 1. The summed E-state index contributed by atoms with van der Waals surface area (Å²) in [6, 6.07) is 0.756. The summed E-state index contributed by atoms with van der Waals surface area (Å²) in [5.74, 6) is 2.45. The molecule has 2 aliphatic rings. The number of nitrogens with zero attached hydrogens (tertiary/aromatic N) is 3. The molecule has 0 spiro atoms. The Labute approximate surface area is 114 Å². The van der Waals surface area contributed by atoms with Gasteiger partial charge in [0.2, 0.25) is 5.89 Å². The van der Waals surface area contributed by atoms with Crippen molar-refractivity contribution in [2.24, 2.45) is 5.92 Å². The Balaban J connectivity index is 1.57.